The molecule has 1 heterocycles. The topological polar surface area (TPSA) is 21.3 Å². The summed E-state index contributed by atoms with van der Waals surface area (Å²) in [5, 5.41) is 3.78. The van der Waals surface area contributed by atoms with Crippen molar-refractivity contribution in [3.63, 3.8) is 0 Å². The number of hydrogen-bond acceptors (Lipinski definition) is 2. The predicted molar refractivity (Wildman–Crippen MR) is 78.6 cm³/mol. The Morgan fingerprint density at radius 3 is 2.89 bits per heavy atom. The van der Waals surface area contributed by atoms with E-state index >= 15 is 0 Å². The Morgan fingerprint density at radius 1 is 1.37 bits per heavy atom. The average Bonchev–Trinajstić information content (AvgIpc) is 2.85. The van der Waals surface area contributed by atoms with E-state index in [2.05, 4.69) is 37.4 Å². The molecule has 0 bridgehead atoms. The van der Waals surface area contributed by atoms with Crippen molar-refractivity contribution in [1.29, 1.82) is 0 Å². The van der Waals surface area contributed by atoms with E-state index in [1.54, 1.807) is 0 Å². The summed E-state index contributed by atoms with van der Waals surface area (Å²) in [7, 11) is 0. The summed E-state index contributed by atoms with van der Waals surface area (Å²) < 4.78 is 5.59. The van der Waals surface area contributed by atoms with E-state index in [9.17, 15) is 0 Å². The highest BCUT2D eigenvalue weighted by Gasteiger charge is 2.31. The molecule has 1 fully saturated rings. The fourth-order valence-electron chi connectivity index (χ4n) is 3.25. The minimum atomic E-state index is 0.489. The van der Waals surface area contributed by atoms with E-state index in [0.29, 0.717) is 11.5 Å². The van der Waals surface area contributed by atoms with Gasteiger partial charge in [0.05, 0.1) is 6.61 Å². The molecular weight excluding hydrogens is 234 g/mol. The van der Waals surface area contributed by atoms with Crippen LogP contribution in [0.25, 0.3) is 0 Å². The van der Waals surface area contributed by atoms with Crippen LogP contribution in [0.5, 0.6) is 5.75 Å². The van der Waals surface area contributed by atoms with Crippen LogP contribution in [0.15, 0.2) is 18.2 Å². The summed E-state index contributed by atoms with van der Waals surface area (Å²) in [4.78, 5) is 0. The van der Waals surface area contributed by atoms with E-state index in [0.717, 1.165) is 31.7 Å². The number of ether oxygens (including phenoxy) is 1. The molecule has 0 saturated heterocycles. The second-order valence-corrected chi connectivity index (χ2v) is 6.47. The third kappa shape index (κ3) is 2.64. The quantitative estimate of drug-likeness (QED) is 0.867. The largest absolute Gasteiger partial charge is 0.493 e. The predicted octanol–water partition coefficient (Wildman–Crippen LogP) is 3.85. The normalized spacial score (nSPS) is 21.4. The molecule has 1 aliphatic heterocycles. The highest BCUT2D eigenvalue weighted by Crippen LogP contribution is 2.40. The van der Waals surface area contributed by atoms with Gasteiger partial charge in [0.25, 0.3) is 0 Å². The van der Waals surface area contributed by atoms with Gasteiger partial charge in [0.1, 0.15) is 5.75 Å². The third-order valence-corrected chi connectivity index (χ3v) is 4.86. The van der Waals surface area contributed by atoms with Gasteiger partial charge in [-0.05, 0) is 41.9 Å². The van der Waals surface area contributed by atoms with Crippen molar-refractivity contribution < 1.29 is 4.74 Å². The highest BCUT2D eigenvalue weighted by atomic mass is 16.5. The van der Waals surface area contributed by atoms with E-state index in [-0.39, 0.29) is 0 Å². The zero-order valence-electron chi connectivity index (χ0n) is 12.2. The molecular formula is C17H25NO. The Morgan fingerprint density at radius 2 is 2.21 bits per heavy atom. The van der Waals surface area contributed by atoms with Gasteiger partial charge in [0, 0.05) is 19.0 Å². The SMILES string of the molecule is CCC(NCC1(C)CCC1)c1ccc2c(c1)CCO2. The fourth-order valence-corrected chi connectivity index (χ4v) is 3.25. The molecule has 2 heteroatoms. The van der Waals surface area contributed by atoms with Crippen LogP contribution < -0.4 is 10.1 Å². The van der Waals surface area contributed by atoms with Crippen molar-refractivity contribution in [2.75, 3.05) is 13.2 Å². The summed E-state index contributed by atoms with van der Waals surface area (Å²) in [6.07, 6.45) is 6.39. The van der Waals surface area contributed by atoms with Crippen molar-refractivity contribution in [3.8, 4) is 5.75 Å². The van der Waals surface area contributed by atoms with Crippen molar-refractivity contribution in [1.82, 2.24) is 5.32 Å². The molecule has 0 aromatic heterocycles. The first kappa shape index (κ1) is 13.0. The lowest BCUT2D eigenvalue weighted by atomic mass is 9.70. The van der Waals surface area contributed by atoms with Gasteiger partial charge in [-0.25, -0.2) is 0 Å². The molecule has 1 saturated carbocycles. The molecule has 0 amide bonds. The van der Waals surface area contributed by atoms with Gasteiger partial charge < -0.3 is 10.1 Å². The first-order valence-corrected chi connectivity index (χ1v) is 7.69. The smallest absolute Gasteiger partial charge is 0.122 e. The third-order valence-electron chi connectivity index (χ3n) is 4.86. The lowest BCUT2D eigenvalue weighted by Crippen LogP contribution is -2.38. The minimum Gasteiger partial charge on any atom is -0.493 e. The molecule has 3 rings (SSSR count). The van der Waals surface area contributed by atoms with Gasteiger partial charge in [-0.2, -0.15) is 0 Å². The first-order valence-electron chi connectivity index (χ1n) is 7.69. The Kier molecular flexibility index (Phi) is 3.53. The van der Waals surface area contributed by atoms with E-state index in [4.69, 9.17) is 4.74 Å². The Balaban J connectivity index is 1.67. The fraction of sp³-hybridized carbons (Fsp3) is 0.647. The average molecular weight is 259 g/mol. The number of fused-ring (bicyclic) bond motifs is 1. The Labute approximate surface area is 116 Å². The molecule has 1 aromatic rings. The van der Waals surface area contributed by atoms with E-state index in [1.165, 1.54) is 30.4 Å². The van der Waals surface area contributed by atoms with Crippen LogP contribution in [-0.4, -0.2) is 13.2 Å². The van der Waals surface area contributed by atoms with Crippen molar-refractivity contribution >= 4 is 0 Å². The Hall–Kier alpha value is -1.02. The molecule has 2 nitrogen and oxygen atoms in total. The summed E-state index contributed by atoms with van der Waals surface area (Å²) in [5.41, 5.74) is 3.36. The maximum Gasteiger partial charge on any atom is 0.122 e. The highest BCUT2D eigenvalue weighted by molar-refractivity contribution is 5.40. The van der Waals surface area contributed by atoms with Crippen LogP contribution in [0.3, 0.4) is 0 Å². The van der Waals surface area contributed by atoms with Gasteiger partial charge in [-0.15, -0.1) is 0 Å². The molecule has 1 atom stereocenters. The maximum atomic E-state index is 5.59. The molecule has 0 spiro atoms. The zero-order valence-corrected chi connectivity index (χ0v) is 12.2. The second-order valence-electron chi connectivity index (χ2n) is 6.47. The van der Waals surface area contributed by atoms with Crippen LogP contribution >= 0.6 is 0 Å². The van der Waals surface area contributed by atoms with E-state index < -0.39 is 0 Å². The number of rotatable bonds is 5. The molecule has 104 valence electrons. The molecule has 19 heavy (non-hydrogen) atoms. The lowest BCUT2D eigenvalue weighted by Gasteiger charge is -2.39. The molecule has 1 aromatic carbocycles. The van der Waals surface area contributed by atoms with Crippen molar-refractivity contribution in [2.45, 2.75) is 52.0 Å². The Bertz CT molecular complexity index is 451. The summed E-state index contributed by atoms with van der Waals surface area (Å²) >= 11 is 0. The summed E-state index contributed by atoms with van der Waals surface area (Å²) in [5.74, 6) is 1.09. The van der Waals surface area contributed by atoms with Crippen LogP contribution in [0.2, 0.25) is 0 Å². The van der Waals surface area contributed by atoms with Crippen LogP contribution in [0.1, 0.15) is 56.7 Å². The molecule has 1 unspecified atom stereocenters. The zero-order chi connectivity index (χ0) is 13.3. The standard InChI is InChI=1S/C17H25NO/c1-3-15(18-12-17(2)8-4-9-17)13-5-6-16-14(11-13)7-10-19-16/h5-6,11,15,18H,3-4,7-10,12H2,1-2H3. The number of nitrogens with one attached hydrogen (secondary N) is 1. The van der Waals surface area contributed by atoms with Gasteiger partial charge in [0.15, 0.2) is 0 Å². The maximum absolute atomic E-state index is 5.59. The van der Waals surface area contributed by atoms with Gasteiger partial charge >= 0.3 is 0 Å². The van der Waals surface area contributed by atoms with E-state index in [1.807, 2.05) is 0 Å². The second kappa shape index (κ2) is 5.16. The summed E-state index contributed by atoms with van der Waals surface area (Å²) in [6.45, 7) is 6.68. The van der Waals surface area contributed by atoms with Crippen molar-refractivity contribution in [3.05, 3.63) is 29.3 Å². The first-order chi connectivity index (χ1) is 9.20. The molecule has 0 radical (unpaired) electrons. The monoisotopic (exact) mass is 259 g/mol. The molecule has 1 N–H and O–H groups in total. The van der Waals surface area contributed by atoms with Crippen LogP contribution in [0.4, 0.5) is 0 Å². The van der Waals surface area contributed by atoms with Gasteiger partial charge in [-0.3, -0.25) is 0 Å². The minimum absolute atomic E-state index is 0.489. The molecule has 1 aliphatic carbocycles. The lowest BCUT2D eigenvalue weighted by molar-refractivity contribution is 0.150. The van der Waals surface area contributed by atoms with Crippen LogP contribution in [0, 0.1) is 5.41 Å². The number of benzene rings is 1. The molecule has 2 aliphatic rings. The summed E-state index contributed by atoms with van der Waals surface area (Å²) in [6, 6.07) is 7.21. The van der Waals surface area contributed by atoms with Gasteiger partial charge in [0.2, 0.25) is 0 Å². The van der Waals surface area contributed by atoms with Gasteiger partial charge in [-0.1, -0.05) is 32.4 Å². The van der Waals surface area contributed by atoms with Crippen LogP contribution in [-0.2, 0) is 6.42 Å². The number of hydrogen-bond donors (Lipinski definition) is 1. The van der Waals surface area contributed by atoms with Crippen molar-refractivity contribution in [2.24, 2.45) is 5.41 Å².